The van der Waals surface area contributed by atoms with E-state index in [1.54, 1.807) is 6.92 Å². The largest absolute Gasteiger partial charge is 0.402 e. The van der Waals surface area contributed by atoms with Crippen molar-refractivity contribution in [3.8, 4) is 0 Å². The van der Waals surface area contributed by atoms with Crippen LogP contribution in [0.4, 0.5) is 18.9 Å². The van der Waals surface area contributed by atoms with Gasteiger partial charge in [0.2, 0.25) is 15.9 Å². The highest BCUT2D eigenvalue weighted by Gasteiger charge is 2.30. The average molecular weight is 418 g/mol. The van der Waals surface area contributed by atoms with Crippen LogP contribution < -0.4 is 15.4 Å². The van der Waals surface area contributed by atoms with Crippen molar-refractivity contribution in [1.82, 2.24) is 10.0 Å². The number of benzene rings is 1. The van der Waals surface area contributed by atoms with Crippen molar-refractivity contribution >= 4 is 34.0 Å². The van der Waals surface area contributed by atoms with Gasteiger partial charge in [-0.25, -0.2) is 13.1 Å². The Morgan fingerprint density at radius 2 is 1.92 bits per heavy atom. The molecule has 1 amide bonds. The number of anilines is 1. The van der Waals surface area contributed by atoms with Gasteiger partial charge in [-0.3, -0.25) is 4.79 Å². The van der Waals surface area contributed by atoms with Crippen LogP contribution in [-0.4, -0.2) is 52.3 Å². The van der Waals surface area contributed by atoms with Gasteiger partial charge in [-0.05, 0) is 31.2 Å². The van der Waals surface area contributed by atoms with Gasteiger partial charge in [-0.1, -0.05) is 0 Å². The van der Waals surface area contributed by atoms with Crippen LogP contribution in [0.2, 0.25) is 0 Å². The zero-order valence-electron chi connectivity index (χ0n) is 13.7. The number of halogens is 4. The fourth-order valence-corrected chi connectivity index (χ4v) is 3.24. The Bertz CT molecular complexity index is 713. The number of carbonyl (C=O) groups is 1. The van der Waals surface area contributed by atoms with Crippen molar-refractivity contribution in [2.75, 3.05) is 25.0 Å². The maximum Gasteiger partial charge on any atom is 0.402 e. The van der Waals surface area contributed by atoms with E-state index in [0.717, 1.165) is 12.1 Å². The Kier molecular flexibility index (Phi) is 7.84. The molecule has 148 valence electrons. The monoisotopic (exact) mass is 417 g/mol. The minimum absolute atomic E-state index is 0. The van der Waals surface area contributed by atoms with E-state index in [-0.39, 0.29) is 29.3 Å². The van der Waals surface area contributed by atoms with Gasteiger partial charge in [0.05, 0.1) is 17.6 Å². The van der Waals surface area contributed by atoms with Gasteiger partial charge < -0.3 is 15.4 Å². The van der Waals surface area contributed by atoms with Crippen LogP contribution in [0.3, 0.4) is 0 Å². The van der Waals surface area contributed by atoms with Crippen LogP contribution in [0.25, 0.3) is 0 Å². The lowest BCUT2D eigenvalue weighted by Gasteiger charge is -2.29. The minimum Gasteiger partial charge on any atom is -0.375 e. The topological polar surface area (TPSA) is 96.5 Å². The molecule has 0 unspecified atom stereocenters. The molecule has 12 heteroatoms. The summed E-state index contributed by atoms with van der Waals surface area (Å²) >= 11 is 0. The van der Waals surface area contributed by atoms with Gasteiger partial charge in [-0.2, -0.15) is 13.2 Å². The van der Waals surface area contributed by atoms with E-state index in [9.17, 15) is 26.4 Å². The van der Waals surface area contributed by atoms with E-state index in [4.69, 9.17) is 4.74 Å². The van der Waals surface area contributed by atoms with Gasteiger partial charge >= 0.3 is 6.18 Å². The second kappa shape index (κ2) is 9.00. The molecule has 1 aromatic carbocycles. The Morgan fingerprint density at radius 3 is 2.46 bits per heavy atom. The Morgan fingerprint density at radius 1 is 1.31 bits per heavy atom. The number of hydrogen-bond acceptors (Lipinski definition) is 5. The molecule has 0 radical (unpaired) electrons. The number of rotatable bonds is 5. The lowest BCUT2D eigenvalue weighted by molar-refractivity contribution is -0.124. The average Bonchev–Trinajstić information content (AvgIpc) is 2.53. The molecule has 1 aliphatic rings. The molecule has 1 aromatic rings. The second-order valence-electron chi connectivity index (χ2n) is 5.46. The Balaban J connectivity index is 0.00000338. The SMILES string of the molecule is C[C@H]1OCCN[C@@H]1C(=O)Nc1ccc(S(=O)(=O)NCC(F)(F)F)cc1.Cl. The van der Waals surface area contributed by atoms with Crippen molar-refractivity contribution in [3.05, 3.63) is 24.3 Å². The van der Waals surface area contributed by atoms with E-state index in [0.29, 0.717) is 18.8 Å². The van der Waals surface area contributed by atoms with Crippen molar-refractivity contribution in [2.24, 2.45) is 0 Å². The van der Waals surface area contributed by atoms with Crippen LogP contribution in [0.1, 0.15) is 6.92 Å². The third-order valence-electron chi connectivity index (χ3n) is 3.49. The van der Waals surface area contributed by atoms with Crippen molar-refractivity contribution in [1.29, 1.82) is 0 Å². The first kappa shape index (κ1) is 22.6. The third-order valence-corrected chi connectivity index (χ3v) is 4.91. The van der Waals surface area contributed by atoms with Crippen LogP contribution in [0.15, 0.2) is 29.2 Å². The standard InChI is InChI=1S/C14H18F3N3O4S.ClH/c1-9-12(18-6-7-24-9)13(21)20-10-2-4-11(5-3-10)25(22,23)19-8-14(15,16)17;/h2-5,9,12,18-19H,6-8H2,1H3,(H,20,21);1H/t9-,12+;/m1./s1. The van der Waals surface area contributed by atoms with Crippen LogP contribution in [0.5, 0.6) is 0 Å². The van der Waals surface area contributed by atoms with E-state index in [2.05, 4.69) is 10.6 Å². The fraction of sp³-hybridized carbons (Fsp3) is 0.500. The molecule has 2 atom stereocenters. The van der Waals surface area contributed by atoms with Gasteiger partial charge in [0.15, 0.2) is 0 Å². The third kappa shape index (κ3) is 6.40. The summed E-state index contributed by atoms with van der Waals surface area (Å²) in [5.41, 5.74) is 0.319. The van der Waals surface area contributed by atoms with Crippen LogP contribution >= 0.6 is 12.4 Å². The number of nitrogens with one attached hydrogen (secondary N) is 3. The molecular weight excluding hydrogens is 399 g/mol. The summed E-state index contributed by atoms with van der Waals surface area (Å²) < 4.78 is 66.8. The lowest BCUT2D eigenvalue weighted by Crippen LogP contribution is -2.53. The first-order valence-electron chi connectivity index (χ1n) is 7.41. The Labute approximate surface area is 155 Å². The number of morpholine rings is 1. The second-order valence-corrected chi connectivity index (χ2v) is 7.23. The minimum atomic E-state index is -4.65. The summed E-state index contributed by atoms with van der Waals surface area (Å²) in [5, 5.41) is 5.61. The summed E-state index contributed by atoms with van der Waals surface area (Å²) in [6.45, 7) is 1.13. The van der Waals surface area contributed by atoms with E-state index in [1.807, 2.05) is 0 Å². The summed E-state index contributed by atoms with van der Waals surface area (Å²) in [6.07, 6.45) is -4.97. The molecule has 0 aliphatic carbocycles. The highest BCUT2D eigenvalue weighted by Crippen LogP contribution is 2.17. The first-order valence-corrected chi connectivity index (χ1v) is 8.89. The molecule has 2 rings (SSSR count). The number of sulfonamides is 1. The molecule has 7 nitrogen and oxygen atoms in total. The predicted molar refractivity (Wildman–Crippen MR) is 90.8 cm³/mol. The summed E-state index contributed by atoms with van der Waals surface area (Å²) in [4.78, 5) is 11.8. The van der Waals surface area contributed by atoms with Gasteiger partial charge in [0, 0.05) is 12.2 Å². The lowest BCUT2D eigenvalue weighted by atomic mass is 10.1. The molecule has 3 N–H and O–H groups in total. The predicted octanol–water partition coefficient (Wildman–Crippen LogP) is 1.26. The highest BCUT2D eigenvalue weighted by atomic mass is 35.5. The molecule has 1 saturated heterocycles. The quantitative estimate of drug-likeness (QED) is 0.670. The molecular formula is C14H19ClF3N3O4S. The highest BCUT2D eigenvalue weighted by molar-refractivity contribution is 7.89. The smallest absolute Gasteiger partial charge is 0.375 e. The van der Waals surface area contributed by atoms with Gasteiger partial charge in [0.1, 0.15) is 12.6 Å². The van der Waals surface area contributed by atoms with Gasteiger partial charge in [-0.15, -0.1) is 12.4 Å². The van der Waals surface area contributed by atoms with E-state index >= 15 is 0 Å². The van der Waals surface area contributed by atoms with Crippen molar-refractivity contribution in [2.45, 2.75) is 30.1 Å². The normalized spacial score (nSPS) is 20.9. The number of amides is 1. The maximum atomic E-state index is 12.2. The van der Waals surface area contributed by atoms with Crippen molar-refractivity contribution < 1.29 is 31.1 Å². The zero-order valence-corrected chi connectivity index (χ0v) is 15.3. The van der Waals surface area contributed by atoms with E-state index < -0.39 is 28.8 Å². The molecule has 0 bridgehead atoms. The molecule has 0 spiro atoms. The number of ether oxygens (including phenoxy) is 1. The molecule has 1 heterocycles. The Hall–Kier alpha value is -1.40. The van der Waals surface area contributed by atoms with Crippen molar-refractivity contribution in [3.63, 3.8) is 0 Å². The summed E-state index contributed by atoms with van der Waals surface area (Å²) in [7, 11) is -4.28. The molecule has 1 aliphatic heterocycles. The summed E-state index contributed by atoms with van der Waals surface area (Å²) in [6, 6.07) is 4.28. The maximum absolute atomic E-state index is 12.2. The number of carbonyl (C=O) groups excluding carboxylic acids is 1. The number of hydrogen-bond donors (Lipinski definition) is 3. The number of alkyl halides is 3. The molecule has 26 heavy (non-hydrogen) atoms. The van der Waals surface area contributed by atoms with Crippen LogP contribution in [0, 0.1) is 0 Å². The van der Waals surface area contributed by atoms with Gasteiger partial charge in [0.25, 0.3) is 0 Å². The molecule has 0 saturated carbocycles. The molecule has 0 aromatic heterocycles. The summed E-state index contributed by atoms with van der Waals surface area (Å²) in [5.74, 6) is -0.349. The fourth-order valence-electron chi connectivity index (χ4n) is 2.22. The van der Waals surface area contributed by atoms with E-state index in [1.165, 1.54) is 16.9 Å². The first-order chi connectivity index (χ1) is 11.6. The zero-order chi connectivity index (χ0) is 18.7. The van der Waals surface area contributed by atoms with Crippen LogP contribution in [-0.2, 0) is 19.6 Å². The molecule has 1 fully saturated rings.